The number of aldehydes is 2. The summed E-state index contributed by atoms with van der Waals surface area (Å²) in [6.07, 6.45) is 0.149. The van der Waals surface area contributed by atoms with Crippen molar-refractivity contribution in [1.82, 2.24) is 0 Å². The molecule has 0 rings (SSSR count). The number of hydrogen-bond donors (Lipinski definition) is 0. The van der Waals surface area contributed by atoms with Gasteiger partial charge in [-0.2, -0.15) is 0 Å². The maximum absolute atomic E-state index is 10.3. The highest BCUT2D eigenvalue weighted by Gasteiger charge is 2.16. The van der Waals surface area contributed by atoms with Crippen LogP contribution in [0.5, 0.6) is 0 Å². The Bertz CT molecular complexity index is 146. The van der Waals surface area contributed by atoms with E-state index in [-0.39, 0.29) is 12.0 Å². The minimum absolute atomic E-state index is 0.234. The smallest absolute Gasteiger partial charge is 0.214 e. The molecule has 0 bridgehead atoms. The second-order valence-corrected chi connectivity index (χ2v) is 2.58. The van der Waals surface area contributed by atoms with E-state index >= 15 is 0 Å². The molecule has 0 amide bonds. The third-order valence-corrected chi connectivity index (χ3v) is 1.65. The molecular formula is C8H14O4. The number of carbonyl (C=O) groups is 2. The summed E-state index contributed by atoms with van der Waals surface area (Å²) in [7, 11) is 1.37. The second kappa shape index (κ2) is 5.85. The van der Waals surface area contributed by atoms with Crippen LogP contribution in [-0.2, 0) is 19.1 Å². The van der Waals surface area contributed by atoms with Crippen LogP contribution in [0.1, 0.15) is 13.8 Å². The van der Waals surface area contributed by atoms with E-state index in [2.05, 4.69) is 4.74 Å². The van der Waals surface area contributed by atoms with E-state index in [1.54, 1.807) is 13.8 Å². The largest absolute Gasteiger partial charge is 0.350 e. The molecule has 0 saturated heterocycles. The maximum atomic E-state index is 10.3. The van der Waals surface area contributed by atoms with Gasteiger partial charge in [-0.25, -0.2) is 0 Å². The van der Waals surface area contributed by atoms with E-state index in [1.165, 1.54) is 7.11 Å². The first-order valence-corrected chi connectivity index (χ1v) is 3.74. The first-order chi connectivity index (χ1) is 5.65. The van der Waals surface area contributed by atoms with Crippen molar-refractivity contribution in [3.63, 3.8) is 0 Å². The number of carbonyl (C=O) groups excluding carboxylic acids is 2. The summed E-state index contributed by atoms with van der Waals surface area (Å²) in [5, 5.41) is 0. The Kier molecular flexibility index (Phi) is 5.49. The van der Waals surface area contributed by atoms with Gasteiger partial charge in [0.05, 0.1) is 6.10 Å². The van der Waals surface area contributed by atoms with E-state index in [4.69, 9.17) is 4.74 Å². The first kappa shape index (κ1) is 11.3. The molecule has 4 nitrogen and oxygen atoms in total. The highest BCUT2D eigenvalue weighted by molar-refractivity contribution is 5.55. The van der Waals surface area contributed by atoms with Gasteiger partial charge in [-0.1, -0.05) is 6.92 Å². The summed E-state index contributed by atoms with van der Waals surface area (Å²) >= 11 is 0. The van der Waals surface area contributed by atoms with E-state index in [9.17, 15) is 9.59 Å². The first-order valence-electron chi connectivity index (χ1n) is 3.74. The summed E-state index contributed by atoms with van der Waals surface area (Å²) in [6, 6.07) is 0. The van der Waals surface area contributed by atoms with Crippen LogP contribution in [-0.4, -0.2) is 32.1 Å². The van der Waals surface area contributed by atoms with E-state index < -0.39 is 6.29 Å². The fourth-order valence-electron chi connectivity index (χ4n) is 0.589. The predicted molar refractivity (Wildman–Crippen MR) is 42.6 cm³/mol. The molecule has 4 heteroatoms. The molecule has 0 saturated carbocycles. The van der Waals surface area contributed by atoms with E-state index in [0.29, 0.717) is 6.29 Å². The van der Waals surface area contributed by atoms with Crippen molar-refractivity contribution in [3.8, 4) is 0 Å². The third-order valence-electron chi connectivity index (χ3n) is 1.65. The average molecular weight is 174 g/mol. The lowest BCUT2D eigenvalue weighted by molar-refractivity contribution is -0.168. The fourth-order valence-corrected chi connectivity index (χ4v) is 0.589. The van der Waals surface area contributed by atoms with Crippen molar-refractivity contribution in [2.45, 2.75) is 26.2 Å². The maximum Gasteiger partial charge on any atom is 0.214 e. The van der Waals surface area contributed by atoms with Crippen LogP contribution in [0.4, 0.5) is 0 Å². The zero-order valence-corrected chi connectivity index (χ0v) is 7.52. The molecule has 0 aliphatic rings. The Balaban J connectivity index is 3.87. The van der Waals surface area contributed by atoms with Crippen molar-refractivity contribution in [2.24, 2.45) is 5.92 Å². The standard InChI is InChI=1S/C8H14O4/c1-6(4-9)7(2)12-8(5-10)11-3/h4-8H,1-3H3/t6-,7?,8?/m1/s1. The fraction of sp³-hybridized carbons (Fsp3) is 0.750. The van der Waals surface area contributed by atoms with Crippen LogP contribution in [0.15, 0.2) is 0 Å². The lowest BCUT2D eigenvalue weighted by Gasteiger charge is -2.18. The zero-order chi connectivity index (χ0) is 9.56. The number of methoxy groups -OCH3 is 1. The minimum atomic E-state index is -0.873. The normalized spacial score (nSPS) is 17.9. The van der Waals surface area contributed by atoms with E-state index in [0.717, 1.165) is 6.29 Å². The SMILES string of the molecule is COC(C=O)OC(C)[C@H](C)C=O. The predicted octanol–water partition coefficient (Wildman–Crippen LogP) is 0.398. The van der Waals surface area contributed by atoms with Gasteiger partial charge in [-0.15, -0.1) is 0 Å². The molecule has 0 spiro atoms. The van der Waals surface area contributed by atoms with Gasteiger partial charge in [-0.05, 0) is 6.92 Å². The second-order valence-electron chi connectivity index (χ2n) is 2.58. The van der Waals surface area contributed by atoms with Gasteiger partial charge < -0.3 is 14.3 Å². The molecule has 0 aliphatic heterocycles. The Morgan fingerprint density at radius 2 is 1.75 bits per heavy atom. The quantitative estimate of drug-likeness (QED) is 0.432. The summed E-state index contributed by atoms with van der Waals surface area (Å²) in [6.45, 7) is 3.43. The van der Waals surface area contributed by atoms with Crippen LogP contribution in [0.3, 0.4) is 0 Å². The number of hydrogen-bond acceptors (Lipinski definition) is 4. The number of ether oxygens (including phenoxy) is 2. The summed E-state index contributed by atoms with van der Waals surface area (Å²) < 4.78 is 9.74. The van der Waals surface area contributed by atoms with Gasteiger partial charge in [0.25, 0.3) is 0 Å². The molecule has 0 aromatic heterocycles. The molecule has 0 aromatic rings. The van der Waals surface area contributed by atoms with Crippen LogP contribution in [0, 0.1) is 5.92 Å². The van der Waals surface area contributed by atoms with Crippen molar-refractivity contribution < 1.29 is 19.1 Å². The molecule has 70 valence electrons. The van der Waals surface area contributed by atoms with Gasteiger partial charge in [0.1, 0.15) is 6.29 Å². The minimum Gasteiger partial charge on any atom is -0.350 e. The van der Waals surface area contributed by atoms with Crippen LogP contribution < -0.4 is 0 Å². The van der Waals surface area contributed by atoms with Gasteiger partial charge in [0.15, 0.2) is 6.29 Å². The van der Waals surface area contributed by atoms with Gasteiger partial charge >= 0.3 is 0 Å². The summed E-state index contributed by atoms with van der Waals surface area (Å²) in [5.41, 5.74) is 0. The molecule has 0 fully saturated rings. The average Bonchev–Trinajstić information content (AvgIpc) is 2.12. The molecule has 0 aliphatic carbocycles. The van der Waals surface area contributed by atoms with Crippen LogP contribution in [0.25, 0.3) is 0 Å². The third kappa shape index (κ3) is 3.59. The molecular weight excluding hydrogens is 160 g/mol. The monoisotopic (exact) mass is 174 g/mol. The topological polar surface area (TPSA) is 52.6 Å². The number of rotatable bonds is 6. The lowest BCUT2D eigenvalue weighted by Crippen LogP contribution is -2.28. The molecule has 0 radical (unpaired) electrons. The Morgan fingerprint density at radius 3 is 2.08 bits per heavy atom. The van der Waals surface area contributed by atoms with Gasteiger partial charge in [-0.3, -0.25) is 4.79 Å². The van der Waals surface area contributed by atoms with Gasteiger partial charge in [0.2, 0.25) is 6.29 Å². The highest BCUT2D eigenvalue weighted by Crippen LogP contribution is 2.06. The summed E-state index contributed by atoms with van der Waals surface area (Å²) in [5.74, 6) is -0.234. The van der Waals surface area contributed by atoms with E-state index in [1.807, 2.05) is 0 Å². The molecule has 0 aromatic carbocycles. The van der Waals surface area contributed by atoms with Crippen molar-refractivity contribution in [3.05, 3.63) is 0 Å². The van der Waals surface area contributed by atoms with Crippen molar-refractivity contribution in [2.75, 3.05) is 7.11 Å². The Labute approximate surface area is 71.8 Å². The lowest BCUT2D eigenvalue weighted by atomic mass is 10.1. The van der Waals surface area contributed by atoms with Crippen molar-refractivity contribution >= 4 is 12.6 Å². The zero-order valence-electron chi connectivity index (χ0n) is 7.52. The molecule has 0 N–H and O–H groups in total. The summed E-state index contributed by atoms with van der Waals surface area (Å²) in [4.78, 5) is 20.5. The highest BCUT2D eigenvalue weighted by atomic mass is 16.7. The molecule has 2 unspecified atom stereocenters. The molecule has 3 atom stereocenters. The Morgan fingerprint density at radius 1 is 1.17 bits per heavy atom. The molecule has 12 heavy (non-hydrogen) atoms. The van der Waals surface area contributed by atoms with Gasteiger partial charge in [0, 0.05) is 13.0 Å². The van der Waals surface area contributed by atoms with Crippen molar-refractivity contribution in [1.29, 1.82) is 0 Å². The Hall–Kier alpha value is -0.740. The van der Waals surface area contributed by atoms with Crippen LogP contribution >= 0.6 is 0 Å². The molecule has 0 heterocycles. The van der Waals surface area contributed by atoms with Crippen LogP contribution in [0.2, 0.25) is 0 Å².